The summed E-state index contributed by atoms with van der Waals surface area (Å²) in [6, 6.07) is 24.7. The lowest BCUT2D eigenvalue weighted by atomic mass is 9.77. The third-order valence-electron chi connectivity index (χ3n) is 8.00. The van der Waals surface area contributed by atoms with E-state index < -0.39 is 0 Å². The van der Waals surface area contributed by atoms with E-state index in [1.165, 1.54) is 75.5 Å². The van der Waals surface area contributed by atoms with Gasteiger partial charge in [-0.25, -0.2) is 4.57 Å². The zero-order valence-electron chi connectivity index (χ0n) is 18.6. The van der Waals surface area contributed by atoms with Crippen LogP contribution in [-0.4, -0.2) is 0 Å². The minimum Gasteiger partial charge on any atom is -0.455 e. The molecular weight excluding hydrogens is 390 g/mol. The van der Waals surface area contributed by atoms with Crippen LogP contribution in [0.15, 0.2) is 77.3 Å². The highest BCUT2D eigenvalue weighted by Gasteiger charge is 2.45. The Morgan fingerprint density at radius 3 is 2.47 bits per heavy atom. The number of furan rings is 1. The zero-order chi connectivity index (χ0) is 21.4. The molecule has 2 aliphatic rings. The van der Waals surface area contributed by atoms with Gasteiger partial charge in [0.2, 0.25) is 5.69 Å². The van der Waals surface area contributed by atoms with Crippen molar-refractivity contribution < 1.29 is 8.98 Å². The lowest BCUT2D eigenvalue weighted by molar-refractivity contribution is -0.660. The van der Waals surface area contributed by atoms with Gasteiger partial charge in [0.1, 0.15) is 18.2 Å². The first kappa shape index (κ1) is 18.2. The van der Waals surface area contributed by atoms with Crippen LogP contribution in [0.5, 0.6) is 0 Å². The number of rotatable bonds is 1. The van der Waals surface area contributed by atoms with E-state index in [4.69, 9.17) is 4.42 Å². The Kier molecular flexibility index (Phi) is 3.60. The van der Waals surface area contributed by atoms with Crippen molar-refractivity contribution in [3.8, 4) is 22.4 Å². The van der Waals surface area contributed by atoms with Crippen LogP contribution in [0.3, 0.4) is 0 Å². The molecular formula is C30H26NO+. The summed E-state index contributed by atoms with van der Waals surface area (Å²) in [5.74, 6) is 0. The number of nitrogens with zero attached hydrogens (tertiary/aromatic N) is 1. The molecule has 0 aliphatic heterocycles. The summed E-state index contributed by atoms with van der Waals surface area (Å²) >= 11 is 0. The molecule has 2 aliphatic carbocycles. The Bertz CT molecular complexity index is 1550. The fourth-order valence-corrected chi connectivity index (χ4v) is 6.50. The highest BCUT2D eigenvalue weighted by atomic mass is 16.3. The summed E-state index contributed by atoms with van der Waals surface area (Å²) < 4.78 is 8.87. The van der Waals surface area contributed by atoms with Crippen molar-refractivity contribution in [3.05, 3.63) is 89.6 Å². The molecule has 1 saturated carbocycles. The summed E-state index contributed by atoms with van der Waals surface area (Å²) in [5, 5.41) is 2.43. The predicted molar refractivity (Wildman–Crippen MR) is 130 cm³/mol. The molecule has 0 amide bonds. The number of pyridine rings is 1. The van der Waals surface area contributed by atoms with Crippen LogP contribution in [0.25, 0.3) is 44.3 Å². The van der Waals surface area contributed by atoms with Crippen LogP contribution in [0.2, 0.25) is 0 Å². The molecule has 0 N–H and O–H groups in total. The lowest BCUT2D eigenvalue weighted by Gasteiger charge is -2.26. The number of fused-ring (bicyclic) bond motifs is 8. The SMILES string of the molecule is Cc1ccc2c(oc3cc4c(cc32)-c2ccccc2C42CCCC2)c1-c1cccc[n+]1C. The molecule has 1 fully saturated rings. The molecule has 2 aromatic heterocycles. The van der Waals surface area contributed by atoms with Crippen LogP contribution >= 0.6 is 0 Å². The first-order valence-corrected chi connectivity index (χ1v) is 11.7. The second-order valence-corrected chi connectivity index (χ2v) is 9.66. The standard InChI is InChI=1S/C30H26NO/c1-19-12-13-21-23-17-22-20-9-3-4-10-24(20)30(14-6-7-15-30)25(22)18-27(23)32-29(21)28(19)26-11-5-8-16-31(26)2/h3-5,8-13,16-18H,6-7,14-15H2,1-2H3/q+1. The smallest absolute Gasteiger partial charge is 0.216 e. The Labute approximate surface area is 188 Å². The second kappa shape index (κ2) is 6.32. The van der Waals surface area contributed by atoms with Gasteiger partial charge >= 0.3 is 0 Å². The van der Waals surface area contributed by atoms with E-state index in [0.717, 1.165) is 11.2 Å². The molecule has 2 nitrogen and oxygen atoms in total. The summed E-state index contributed by atoms with van der Waals surface area (Å²) in [6.07, 6.45) is 7.20. The van der Waals surface area contributed by atoms with Gasteiger partial charge in [0.15, 0.2) is 6.20 Å². The number of benzene rings is 3. The Hall–Kier alpha value is -3.39. The highest BCUT2D eigenvalue weighted by molar-refractivity contribution is 6.11. The van der Waals surface area contributed by atoms with Crippen LogP contribution < -0.4 is 4.57 Å². The normalized spacial score (nSPS) is 16.2. The third kappa shape index (κ3) is 2.22. The van der Waals surface area contributed by atoms with Gasteiger partial charge in [-0.2, -0.15) is 0 Å². The average molecular weight is 417 g/mol. The van der Waals surface area contributed by atoms with Crippen LogP contribution in [0.4, 0.5) is 0 Å². The van der Waals surface area contributed by atoms with E-state index in [9.17, 15) is 0 Å². The van der Waals surface area contributed by atoms with E-state index >= 15 is 0 Å². The maximum atomic E-state index is 6.69. The van der Waals surface area contributed by atoms with Crippen LogP contribution in [-0.2, 0) is 12.5 Å². The molecule has 0 atom stereocenters. The fraction of sp³-hybridized carbons (Fsp3) is 0.233. The molecule has 32 heavy (non-hydrogen) atoms. The number of hydrogen-bond donors (Lipinski definition) is 0. The summed E-state index contributed by atoms with van der Waals surface area (Å²) in [6.45, 7) is 2.18. The first-order valence-electron chi connectivity index (χ1n) is 11.7. The number of aryl methyl sites for hydroxylation is 2. The van der Waals surface area contributed by atoms with Crippen molar-refractivity contribution in [1.29, 1.82) is 0 Å². The Balaban J connectivity index is 1.57. The molecule has 2 heterocycles. The summed E-state index contributed by atoms with van der Waals surface area (Å²) in [7, 11) is 2.10. The lowest BCUT2D eigenvalue weighted by Crippen LogP contribution is -2.30. The predicted octanol–water partition coefficient (Wildman–Crippen LogP) is 7.23. The second-order valence-electron chi connectivity index (χ2n) is 9.66. The minimum atomic E-state index is 0.170. The molecule has 156 valence electrons. The average Bonchev–Trinajstić information content (AvgIpc) is 3.50. The Morgan fingerprint density at radius 2 is 1.62 bits per heavy atom. The van der Waals surface area contributed by atoms with E-state index in [1.54, 1.807) is 0 Å². The molecule has 2 heteroatoms. The maximum absolute atomic E-state index is 6.69. The molecule has 7 rings (SSSR count). The van der Waals surface area contributed by atoms with Gasteiger partial charge in [0, 0.05) is 28.3 Å². The largest absolute Gasteiger partial charge is 0.455 e. The maximum Gasteiger partial charge on any atom is 0.216 e. The number of hydrogen-bond acceptors (Lipinski definition) is 1. The van der Waals surface area contributed by atoms with Gasteiger partial charge in [-0.3, -0.25) is 0 Å². The molecule has 0 unspecified atom stereocenters. The Morgan fingerprint density at radius 1 is 0.812 bits per heavy atom. The fourth-order valence-electron chi connectivity index (χ4n) is 6.50. The first-order chi connectivity index (χ1) is 15.7. The monoisotopic (exact) mass is 416 g/mol. The molecule has 0 saturated heterocycles. The molecule has 3 aromatic carbocycles. The molecule has 1 spiro atoms. The zero-order valence-corrected chi connectivity index (χ0v) is 18.6. The molecule has 0 bridgehead atoms. The van der Waals surface area contributed by atoms with Crippen molar-refractivity contribution in [2.24, 2.45) is 7.05 Å². The quantitative estimate of drug-likeness (QED) is 0.264. The van der Waals surface area contributed by atoms with Crippen LogP contribution in [0.1, 0.15) is 42.4 Å². The van der Waals surface area contributed by atoms with Gasteiger partial charge in [0.25, 0.3) is 0 Å². The van der Waals surface area contributed by atoms with Crippen LogP contribution in [0, 0.1) is 6.92 Å². The molecule has 0 radical (unpaired) electrons. The third-order valence-corrected chi connectivity index (χ3v) is 8.00. The van der Waals surface area contributed by atoms with Crippen molar-refractivity contribution in [2.45, 2.75) is 38.0 Å². The highest BCUT2D eigenvalue weighted by Crippen LogP contribution is 2.58. The van der Waals surface area contributed by atoms with E-state index in [0.29, 0.717) is 0 Å². The summed E-state index contributed by atoms with van der Waals surface area (Å²) in [4.78, 5) is 0. The number of aromatic nitrogens is 1. The van der Waals surface area contributed by atoms with Gasteiger partial charge in [-0.15, -0.1) is 0 Å². The van der Waals surface area contributed by atoms with Gasteiger partial charge < -0.3 is 4.42 Å². The van der Waals surface area contributed by atoms with Crippen molar-refractivity contribution in [1.82, 2.24) is 0 Å². The van der Waals surface area contributed by atoms with Gasteiger partial charge in [-0.05, 0) is 65.8 Å². The van der Waals surface area contributed by atoms with Crippen molar-refractivity contribution >= 4 is 21.9 Å². The van der Waals surface area contributed by atoms with E-state index in [1.807, 2.05) is 0 Å². The minimum absolute atomic E-state index is 0.170. The molecule has 5 aromatic rings. The van der Waals surface area contributed by atoms with Crippen molar-refractivity contribution in [3.63, 3.8) is 0 Å². The van der Waals surface area contributed by atoms with Crippen molar-refractivity contribution in [2.75, 3.05) is 0 Å². The van der Waals surface area contributed by atoms with Gasteiger partial charge in [0.05, 0.1) is 5.56 Å². The van der Waals surface area contributed by atoms with E-state index in [-0.39, 0.29) is 5.41 Å². The summed E-state index contributed by atoms with van der Waals surface area (Å²) in [5.41, 5.74) is 11.6. The topological polar surface area (TPSA) is 17.0 Å². The van der Waals surface area contributed by atoms with E-state index in [2.05, 4.69) is 91.5 Å². The van der Waals surface area contributed by atoms with Gasteiger partial charge in [-0.1, -0.05) is 49.2 Å².